The van der Waals surface area contributed by atoms with E-state index < -0.39 is 5.92 Å². The number of nitrogens with zero attached hydrogens (tertiary/aromatic N) is 5. The van der Waals surface area contributed by atoms with E-state index in [0.717, 1.165) is 54.4 Å². The number of hydrogen-bond acceptors (Lipinski definition) is 7. The van der Waals surface area contributed by atoms with Gasteiger partial charge < -0.3 is 15.2 Å². The second kappa shape index (κ2) is 9.69. The molecular formula is C23H28N8O. The zero-order chi connectivity index (χ0) is 22.5. The summed E-state index contributed by atoms with van der Waals surface area (Å²) in [6.45, 7) is 9.43. The Morgan fingerprint density at radius 3 is 2.75 bits per heavy atom. The number of aromatic nitrogens is 3. The Kier molecular flexibility index (Phi) is 6.55. The van der Waals surface area contributed by atoms with Gasteiger partial charge in [0.15, 0.2) is 0 Å². The number of allylic oxidation sites excluding steroid dienone is 1. The van der Waals surface area contributed by atoms with Crippen LogP contribution in [-0.4, -0.2) is 57.3 Å². The van der Waals surface area contributed by atoms with E-state index in [1.807, 2.05) is 6.08 Å². The molecule has 0 spiro atoms. The van der Waals surface area contributed by atoms with Crippen LogP contribution in [0.3, 0.4) is 0 Å². The third kappa shape index (κ3) is 4.38. The highest BCUT2D eigenvalue weighted by Gasteiger charge is 2.30. The van der Waals surface area contributed by atoms with Gasteiger partial charge in [-0.3, -0.25) is 19.8 Å². The Labute approximate surface area is 187 Å². The maximum Gasteiger partial charge on any atom is 0.254 e. The molecule has 3 N–H and O–H groups in total. The van der Waals surface area contributed by atoms with Gasteiger partial charge in [-0.1, -0.05) is 13.8 Å². The lowest BCUT2D eigenvalue weighted by Gasteiger charge is -2.18. The lowest BCUT2D eigenvalue weighted by Crippen LogP contribution is -2.32. The number of aromatic amines is 1. The van der Waals surface area contributed by atoms with E-state index in [4.69, 9.17) is 0 Å². The first-order valence-corrected chi connectivity index (χ1v) is 10.9. The Morgan fingerprint density at radius 2 is 2.06 bits per heavy atom. The Morgan fingerprint density at radius 1 is 1.22 bits per heavy atom. The molecule has 1 unspecified atom stereocenters. The van der Waals surface area contributed by atoms with E-state index in [1.165, 1.54) is 5.56 Å². The first kappa shape index (κ1) is 21.6. The van der Waals surface area contributed by atoms with Crippen molar-refractivity contribution in [3.8, 4) is 11.3 Å². The largest absolute Gasteiger partial charge is 0.359 e. The van der Waals surface area contributed by atoms with Gasteiger partial charge in [0, 0.05) is 48.8 Å². The molecule has 32 heavy (non-hydrogen) atoms. The van der Waals surface area contributed by atoms with Crippen molar-refractivity contribution in [3.05, 3.63) is 53.6 Å². The number of hydrogen-bond donors (Lipinski definition) is 3. The van der Waals surface area contributed by atoms with Crippen molar-refractivity contribution in [1.29, 1.82) is 0 Å². The standard InChI is InChI=1S/C23H28N8O/c1-4-31(5-2)11-6-16-15(3)29-18(21(16)20-14-24-7-8-26-20)12-19-22(27-10-9-25-19)17-13-28-30-23(17)32/h7-10,12-14,17,25,29H,4-6,11H2,1-3H3,(H,30,32). The molecule has 0 saturated heterocycles. The molecule has 2 aromatic heterocycles. The molecule has 0 fully saturated rings. The van der Waals surface area contributed by atoms with E-state index >= 15 is 0 Å². The summed E-state index contributed by atoms with van der Waals surface area (Å²) in [5.74, 6) is -0.722. The Bertz CT molecular complexity index is 1090. The quantitative estimate of drug-likeness (QED) is 0.593. The second-order valence-corrected chi connectivity index (χ2v) is 7.65. The first-order chi connectivity index (χ1) is 15.6. The van der Waals surface area contributed by atoms with Crippen LogP contribution in [0, 0.1) is 12.8 Å². The van der Waals surface area contributed by atoms with Crippen molar-refractivity contribution in [2.45, 2.75) is 27.2 Å². The number of aryl methyl sites for hydroxylation is 1. The van der Waals surface area contributed by atoms with Crippen LogP contribution in [0.2, 0.25) is 0 Å². The molecule has 0 saturated carbocycles. The topological polar surface area (TPSA) is 111 Å². The van der Waals surface area contributed by atoms with Crippen molar-refractivity contribution in [2.24, 2.45) is 16.0 Å². The second-order valence-electron chi connectivity index (χ2n) is 7.65. The molecule has 0 bridgehead atoms. The highest BCUT2D eigenvalue weighted by atomic mass is 16.2. The Hall–Kier alpha value is -3.59. The fourth-order valence-electron chi connectivity index (χ4n) is 4.04. The van der Waals surface area contributed by atoms with Gasteiger partial charge in [0.05, 0.1) is 29.0 Å². The summed E-state index contributed by atoms with van der Waals surface area (Å²) in [5, 5.41) is 7.12. The monoisotopic (exact) mass is 432 g/mol. The van der Waals surface area contributed by atoms with E-state index in [0.29, 0.717) is 5.71 Å². The van der Waals surface area contributed by atoms with Crippen LogP contribution in [0.25, 0.3) is 17.3 Å². The smallest absolute Gasteiger partial charge is 0.254 e. The molecule has 0 aliphatic carbocycles. The van der Waals surface area contributed by atoms with Crippen LogP contribution < -0.4 is 10.7 Å². The van der Waals surface area contributed by atoms with Crippen molar-refractivity contribution in [2.75, 3.05) is 19.6 Å². The number of nitrogens with one attached hydrogen (secondary N) is 3. The van der Waals surface area contributed by atoms with Crippen LogP contribution in [0.5, 0.6) is 0 Å². The highest BCUT2D eigenvalue weighted by Crippen LogP contribution is 2.31. The number of rotatable bonds is 8. The molecule has 0 aromatic carbocycles. The lowest BCUT2D eigenvalue weighted by molar-refractivity contribution is -0.120. The molecule has 2 aliphatic heterocycles. The molecule has 2 aromatic rings. The highest BCUT2D eigenvalue weighted by molar-refractivity contribution is 6.24. The third-order valence-electron chi connectivity index (χ3n) is 5.80. The van der Waals surface area contributed by atoms with Gasteiger partial charge in [-0.05, 0) is 38.1 Å². The minimum atomic E-state index is -0.531. The molecular weight excluding hydrogens is 404 g/mol. The van der Waals surface area contributed by atoms with Gasteiger partial charge in [0.25, 0.3) is 5.91 Å². The summed E-state index contributed by atoms with van der Waals surface area (Å²) in [4.78, 5) is 31.4. The van der Waals surface area contributed by atoms with E-state index in [2.05, 4.69) is 61.5 Å². The van der Waals surface area contributed by atoms with Gasteiger partial charge in [0.2, 0.25) is 0 Å². The van der Waals surface area contributed by atoms with Crippen LogP contribution >= 0.6 is 0 Å². The fraction of sp³-hybridized carbons (Fsp3) is 0.348. The summed E-state index contributed by atoms with van der Waals surface area (Å²) < 4.78 is 0. The summed E-state index contributed by atoms with van der Waals surface area (Å²) in [7, 11) is 0. The van der Waals surface area contributed by atoms with Crippen LogP contribution in [0.4, 0.5) is 0 Å². The number of H-pyrrole nitrogens is 1. The molecule has 0 radical (unpaired) electrons. The summed E-state index contributed by atoms with van der Waals surface area (Å²) in [6.07, 6.45) is 13.0. The normalized spacial score (nSPS) is 18.9. The van der Waals surface area contributed by atoms with E-state index in [9.17, 15) is 4.79 Å². The van der Waals surface area contributed by atoms with E-state index in [-0.39, 0.29) is 5.91 Å². The average Bonchev–Trinajstić information content (AvgIpc) is 3.38. The van der Waals surface area contributed by atoms with Crippen molar-refractivity contribution in [1.82, 2.24) is 30.6 Å². The summed E-state index contributed by atoms with van der Waals surface area (Å²) in [5.41, 5.74) is 8.88. The zero-order valence-corrected chi connectivity index (χ0v) is 18.6. The predicted molar refractivity (Wildman–Crippen MR) is 126 cm³/mol. The minimum absolute atomic E-state index is 0.191. The number of likely N-dealkylation sites (N-methyl/N-ethyl adjacent to an activating group) is 1. The lowest BCUT2D eigenvalue weighted by atomic mass is 9.98. The average molecular weight is 433 g/mol. The summed E-state index contributed by atoms with van der Waals surface area (Å²) >= 11 is 0. The van der Waals surface area contributed by atoms with Gasteiger partial charge in [-0.25, -0.2) is 5.43 Å². The maximum absolute atomic E-state index is 12.2. The Balaban J connectivity index is 1.76. The molecule has 9 heteroatoms. The first-order valence-electron chi connectivity index (χ1n) is 10.9. The van der Waals surface area contributed by atoms with Crippen LogP contribution in [0.15, 0.2) is 46.8 Å². The van der Waals surface area contributed by atoms with Crippen LogP contribution in [-0.2, 0) is 11.2 Å². The van der Waals surface area contributed by atoms with Crippen molar-refractivity contribution in [3.63, 3.8) is 0 Å². The van der Waals surface area contributed by atoms with Crippen molar-refractivity contribution >= 4 is 23.9 Å². The third-order valence-corrected chi connectivity index (χ3v) is 5.80. The number of hydrazone groups is 1. The number of aliphatic imine (C=N–C) groups is 1. The van der Waals surface area contributed by atoms with Gasteiger partial charge in [0.1, 0.15) is 5.92 Å². The molecule has 1 atom stereocenters. The van der Waals surface area contributed by atoms with E-state index in [1.54, 1.807) is 37.2 Å². The molecule has 2 aliphatic rings. The van der Waals surface area contributed by atoms with Crippen molar-refractivity contribution < 1.29 is 4.79 Å². The van der Waals surface area contributed by atoms with Gasteiger partial charge in [-0.2, -0.15) is 5.10 Å². The molecule has 4 rings (SSSR count). The minimum Gasteiger partial charge on any atom is -0.359 e. The van der Waals surface area contributed by atoms with Gasteiger partial charge >= 0.3 is 0 Å². The molecule has 166 valence electrons. The number of carbonyl (C=O) groups is 1. The molecule has 1 amide bonds. The number of carbonyl (C=O) groups excluding carboxylic acids is 1. The van der Waals surface area contributed by atoms with Crippen LogP contribution in [0.1, 0.15) is 30.8 Å². The summed E-state index contributed by atoms with van der Waals surface area (Å²) in [6, 6.07) is 0. The maximum atomic E-state index is 12.2. The molecule has 4 heterocycles. The number of amides is 1. The predicted octanol–water partition coefficient (Wildman–Crippen LogP) is 2.25. The van der Waals surface area contributed by atoms with Gasteiger partial charge in [-0.15, -0.1) is 0 Å². The fourth-order valence-corrected chi connectivity index (χ4v) is 4.04. The SMILES string of the molecule is CCN(CC)CCc1c(C)[nH]c(C=C2NC=CN=C2C2C=NNC2=O)c1-c1cnccn1. The zero-order valence-electron chi connectivity index (χ0n) is 18.6. The molecule has 9 nitrogen and oxygen atoms in total.